The second kappa shape index (κ2) is 8.51. The summed E-state index contributed by atoms with van der Waals surface area (Å²) >= 11 is 1.42. The summed E-state index contributed by atoms with van der Waals surface area (Å²) in [6.45, 7) is 6.91. The molecule has 1 aromatic heterocycles. The molecule has 2 aromatic rings. The molecule has 8 heteroatoms. The summed E-state index contributed by atoms with van der Waals surface area (Å²) in [5.41, 5.74) is 3.78. The highest BCUT2D eigenvalue weighted by molar-refractivity contribution is 7.14. The van der Waals surface area contributed by atoms with Gasteiger partial charge in [0, 0.05) is 43.9 Å². The van der Waals surface area contributed by atoms with Gasteiger partial charge in [0.2, 0.25) is 0 Å². The number of nitrogens with zero attached hydrogens (tertiary/aromatic N) is 3. The van der Waals surface area contributed by atoms with Crippen molar-refractivity contribution in [2.45, 2.75) is 32.8 Å². The van der Waals surface area contributed by atoms with Gasteiger partial charge < -0.3 is 19.9 Å². The molecule has 0 spiro atoms. The summed E-state index contributed by atoms with van der Waals surface area (Å²) in [5.74, 6) is -0.0256. The lowest BCUT2D eigenvalue weighted by Crippen LogP contribution is -2.52. The summed E-state index contributed by atoms with van der Waals surface area (Å²) in [4.78, 5) is 33.3. The highest BCUT2D eigenvalue weighted by Gasteiger charge is 2.31. The van der Waals surface area contributed by atoms with Crippen LogP contribution in [0.3, 0.4) is 0 Å². The number of amides is 2. The zero-order valence-corrected chi connectivity index (χ0v) is 17.6. The first-order valence-corrected chi connectivity index (χ1v) is 10.9. The van der Waals surface area contributed by atoms with Crippen molar-refractivity contribution in [2.75, 3.05) is 38.1 Å². The fraction of sp³-hybridized carbons (Fsp3) is 0.476. The summed E-state index contributed by atoms with van der Waals surface area (Å²) < 4.78 is 5.49. The van der Waals surface area contributed by atoms with Gasteiger partial charge in [0.1, 0.15) is 11.8 Å². The third kappa shape index (κ3) is 4.43. The number of ether oxygens (including phenoxy) is 1. The van der Waals surface area contributed by atoms with Crippen LogP contribution < -0.4 is 5.32 Å². The smallest absolute Gasteiger partial charge is 0.273 e. The molecule has 2 aliphatic rings. The Morgan fingerprint density at radius 1 is 1.17 bits per heavy atom. The van der Waals surface area contributed by atoms with Crippen molar-refractivity contribution in [2.24, 2.45) is 0 Å². The van der Waals surface area contributed by atoms with E-state index >= 15 is 0 Å². The van der Waals surface area contributed by atoms with Crippen molar-refractivity contribution in [1.29, 1.82) is 0 Å². The van der Waals surface area contributed by atoms with Gasteiger partial charge in [0.15, 0.2) is 5.13 Å². The van der Waals surface area contributed by atoms with E-state index in [-0.39, 0.29) is 17.9 Å². The molecular formula is C21H26N4O3S. The maximum absolute atomic E-state index is 12.8. The van der Waals surface area contributed by atoms with E-state index in [2.05, 4.69) is 23.3 Å². The molecule has 4 rings (SSSR count). The fourth-order valence-corrected chi connectivity index (χ4v) is 4.46. The van der Waals surface area contributed by atoms with E-state index in [0.29, 0.717) is 43.6 Å². The van der Waals surface area contributed by atoms with Gasteiger partial charge in [-0.25, -0.2) is 4.98 Å². The number of nitrogens with one attached hydrogen (secondary N) is 1. The Kier molecular flexibility index (Phi) is 5.82. The molecule has 2 amide bonds. The van der Waals surface area contributed by atoms with Gasteiger partial charge in [-0.05, 0) is 38.3 Å². The minimum absolute atomic E-state index is 0.0585. The molecule has 2 fully saturated rings. The molecule has 0 aliphatic carbocycles. The molecule has 1 N–H and O–H groups in total. The van der Waals surface area contributed by atoms with E-state index in [1.807, 2.05) is 24.0 Å². The summed E-state index contributed by atoms with van der Waals surface area (Å²) in [6.07, 6.45) is 1.44. The molecule has 1 aromatic carbocycles. The van der Waals surface area contributed by atoms with Crippen molar-refractivity contribution in [3.63, 3.8) is 0 Å². The van der Waals surface area contributed by atoms with Crippen LogP contribution in [0.2, 0.25) is 0 Å². The highest BCUT2D eigenvalue weighted by Crippen LogP contribution is 2.25. The van der Waals surface area contributed by atoms with Crippen molar-refractivity contribution < 1.29 is 14.3 Å². The van der Waals surface area contributed by atoms with Crippen LogP contribution in [-0.2, 0) is 9.53 Å². The number of aromatic nitrogens is 1. The number of piperazine rings is 1. The fourth-order valence-electron chi connectivity index (χ4n) is 3.77. The minimum atomic E-state index is -0.297. The summed E-state index contributed by atoms with van der Waals surface area (Å²) in [6, 6.07) is 6.18. The Balaban J connectivity index is 1.34. The second-order valence-corrected chi connectivity index (χ2v) is 8.46. The number of benzene rings is 1. The highest BCUT2D eigenvalue weighted by atomic mass is 32.1. The average molecular weight is 415 g/mol. The van der Waals surface area contributed by atoms with Crippen molar-refractivity contribution >= 4 is 34.0 Å². The Morgan fingerprint density at radius 3 is 2.62 bits per heavy atom. The van der Waals surface area contributed by atoms with Gasteiger partial charge in [-0.1, -0.05) is 17.7 Å². The van der Waals surface area contributed by atoms with Crippen molar-refractivity contribution in [1.82, 2.24) is 14.8 Å². The Bertz CT molecular complexity index is 899. The Labute approximate surface area is 174 Å². The number of hydrogen-bond donors (Lipinski definition) is 1. The molecule has 0 bridgehead atoms. The minimum Gasteiger partial charge on any atom is -0.368 e. The van der Waals surface area contributed by atoms with Gasteiger partial charge in [-0.15, -0.1) is 11.3 Å². The van der Waals surface area contributed by atoms with Gasteiger partial charge in [-0.3, -0.25) is 9.59 Å². The first-order chi connectivity index (χ1) is 14.0. The van der Waals surface area contributed by atoms with E-state index in [0.717, 1.165) is 24.1 Å². The number of carbonyl (C=O) groups excluding carboxylic acids is 2. The summed E-state index contributed by atoms with van der Waals surface area (Å²) in [5, 5.41) is 5.79. The van der Waals surface area contributed by atoms with Gasteiger partial charge in [0.05, 0.1) is 0 Å². The van der Waals surface area contributed by atoms with Crippen LogP contribution in [-0.4, -0.2) is 65.5 Å². The number of thiazole rings is 1. The second-order valence-electron chi connectivity index (χ2n) is 7.60. The molecule has 2 saturated heterocycles. The van der Waals surface area contributed by atoms with Crippen LogP contribution in [0.15, 0.2) is 23.6 Å². The lowest BCUT2D eigenvalue weighted by Gasteiger charge is -2.35. The lowest BCUT2D eigenvalue weighted by molar-refractivity contribution is -0.142. The number of anilines is 2. The molecule has 1 unspecified atom stereocenters. The predicted molar refractivity (Wildman–Crippen MR) is 113 cm³/mol. The molecule has 154 valence electrons. The normalized spacial score (nSPS) is 19.4. The van der Waals surface area contributed by atoms with Crippen LogP contribution in [0.1, 0.15) is 34.5 Å². The number of carbonyl (C=O) groups is 2. The molecule has 0 saturated carbocycles. The number of aryl methyl sites for hydroxylation is 2. The van der Waals surface area contributed by atoms with Crippen molar-refractivity contribution in [3.8, 4) is 0 Å². The third-order valence-electron chi connectivity index (χ3n) is 5.43. The molecule has 3 heterocycles. The number of rotatable bonds is 4. The first-order valence-electron chi connectivity index (χ1n) is 10.0. The average Bonchev–Trinajstić information content (AvgIpc) is 3.41. The molecule has 7 nitrogen and oxygen atoms in total. The predicted octanol–water partition coefficient (Wildman–Crippen LogP) is 2.97. The maximum atomic E-state index is 12.8. The van der Waals surface area contributed by atoms with Gasteiger partial charge >= 0.3 is 0 Å². The monoisotopic (exact) mass is 414 g/mol. The van der Waals surface area contributed by atoms with Crippen LogP contribution in [0.4, 0.5) is 10.8 Å². The van der Waals surface area contributed by atoms with Crippen molar-refractivity contribution in [3.05, 3.63) is 40.4 Å². The van der Waals surface area contributed by atoms with Crippen LogP contribution >= 0.6 is 11.3 Å². The largest absolute Gasteiger partial charge is 0.368 e. The van der Waals surface area contributed by atoms with E-state index in [1.165, 1.54) is 16.9 Å². The quantitative estimate of drug-likeness (QED) is 0.833. The van der Waals surface area contributed by atoms with Gasteiger partial charge in [-0.2, -0.15) is 0 Å². The SMILES string of the molecule is Cc1ccc(Nc2nc(C(=O)N3CCN(C(=O)C4CCCO4)CC3)cs2)c(C)c1. The van der Waals surface area contributed by atoms with Gasteiger partial charge in [0.25, 0.3) is 11.8 Å². The van der Waals surface area contributed by atoms with E-state index in [4.69, 9.17) is 4.74 Å². The summed E-state index contributed by atoms with van der Waals surface area (Å²) in [7, 11) is 0. The molecule has 1 atom stereocenters. The first kappa shape index (κ1) is 19.8. The zero-order valence-electron chi connectivity index (χ0n) is 16.8. The van der Waals surface area contributed by atoms with E-state index < -0.39 is 0 Å². The van der Waals surface area contributed by atoms with Crippen LogP contribution in [0.5, 0.6) is 0 Å². The van der Waals surface area contributed by atoms with E-state index in [9.17, 15) is 9.59 Å². The van der Waals surface area contributed by atoms with Crippen LogP contribution in [0.25, 0.3) is 0 Å². The third-order valence-corrected chi connectivity index (χ3v) is 6.19. The van der Waals surface area contributed by atoms with E-state index in [1.54, 1.807) is 10.3 Å². The Hall–Kier alpha value is -2.45. The Morgan fingerprint density at radius 2 is 1.93 bits per heavy atom. The standard InChI is InChI=1S/C21H26N4O3S/c1-14-5-6-16(15(2)12-14)22-21-23-17(13-29-21)19(26)24-7-9-25(10-8-24)20(27)18-4-3-11-28-18/h5-6,12-13,18H,3-4,7-11H2,1-2H3,(H,22,23). The lowest BCUT2D eigenvalue weighted by atomic mass is 10.1. The topological polar surface area (TPSA) is 74.8 Å². The number of hydrogen-bond acceptors (Lipinski definition) is 6. The molecule has 0 radical (unpaired) electrons. The molecule has 29 heavy (non-hydrogen) atoms. The molecule has 2 aliphatic heterocycles. The molecular weight excluding hydrogens is 388 g/mol. The zero-order chi connectivity index (χ0) is 20.4. The maximum Gasteiger partial charge on any atom is 0.273 e. The van der Waals surface area contributed by atoms with Crippen LogP contribution in [0, 0.1) is 13.8 Å².